The summed E-state index contributed by atoms with van der Waals surface area (Å²) < 4.78 is 0. The van der Waals surface area contributed by atoms with Crippen molar-refractivity contribution < 1.29 is 0 Å². The Kier molecular flexibility index (Phi) is 3.84. The molecule has 2 heteroatoms. The van der Waals surface area contributed by atoms with Crippen LogP contribution < -0.4 is 0 Å². The third-order valence-electron chi connectivity index (χ3n) is 9.87. The number of benzene rings is 3. The molecule has 2 heterocycles. The molecule has 0 unspecified atom stereocenters. The fraction of sp³-hybridized carbons (Fsp3) is 0.294. The van der Waals surface area contributed by atoms with Gasteiger partial charge in [0.1, 0.15) is 0 Å². The zero-order chi connectivity index (χ0) is 23.4. The summed E-state index contributed by atoms with van der Waals surface area (Å²) in [6.07, 6.45) is 7.93. The number of nitrogens with zero attached hydrogens (tertiary/aromatic N) is 2. The van der Waals surface area contributed by atoms with E-state index in [1.807, 2.05) is 0 Å². The molecule has 2 fully saturated rings. The normalized spacial score (nSPS) is 25.1. The summed E-state index contributed by atoms with van der Waals surface area (Å²) in [5, 5.41) is 2.76. The van der Waals surface area contributed by atoms with Gasteiger partial charge in [-0.2, -0.15) is 0 Å². The molecule has 0 aliphatic heterocycles. The number of hydrogen-bond acceptors (Lipinski definition) is 2. The van der Waals surface area contributed by atoms with E-state index in [2.05, 4.69) is 72.8 Å². The van der Waals surface area contributed by atoms with Crippen molar-refractivity contribution in [1.29, 1.82) is 0 Å². The Morgan fingerprint density at radius 3 is 1.28 bits per heavy atom. The van der Waals surface area contributed by atoms with Crippen LogP contribution in [0.1, 0.15) is 84.5 Å². The second kappa shape index (κ2) is 7.03. The van der Waals surface area contributed by atoms with Crippen LogP contribution in [0.2, 0.25) is 0 Å². The van der Waals surface area contributed by atoms with Crippen molar-refractivity contribution in [2.45, 2.75) is 62.2 Å². The molecule has 4 aliphatic carbocycles. The van der Waals surface area contributed by atoms with Crippen molar-refractivity contribution in [3.05, 3.63) is 95.1 Å². The van der Waals surface area contributed by atoms with Crippen LogP contribution >= 0.6 is 0 Å². The van der Waals surface area contributed by atoms with Gasteiger partial charge in [-0.25, -0.2) is 9.97 Å². The van der Waals surface area contributed by atoms with Crippen LogP contribution in [-0.2, 0) is 0 Å². The van der Waals surface area contributed by atoms with Gasteiger partial charge in [-0.1, -0.05) is 60.7 Å². The lowest BCUT2D eigenvalue weighted by Gasteiger charge is -2.22. The summed E-state index contributed by atoms with van der Waals surface area (Å²) in [7, 11) is 0. The van der Waals surface area contributed by atoms with Gasteiger partial charge in [0.05, 0.1) is 22.4 Å². The fourth-order valence-electron chi connectivity index (χ4n) is 8.45. The third kappa shape index (κ3) is 2.52. The summed E-state index contributed by atoms with van der Waals surface area (Å²) >= 11 is 0. The molecule has 3 aromatic carbocycles. The third-order valence-corrected chi connectivity index (χ3v) is 9.87. The molecule has 36 heavy (non-hydrogen) atoms. The average molecular weight is 465 g/mol. The first kappa shape index (κ1) is 19.6. The minimum absolute atomic E-state index is 0.678. The van der Waals surface area contributed by atoms with Gasteiger partial charge in [-0.3, -0.25) is 0 Å². The van der Waals surface area contributed by atoms with Crippen molar-refractivity contribution in [3.8, 4) is 22.5 Å². The van der Waals surface area contributed by atoms with E-state index in [1.165, 1.54) is 71.8 Å². The highest BCUT2D eigenvalue weighted by molar-refractivity contribution is 5.91. The van der Waals surface area contributed by atoms with Crippen molar-refractivity contribution in [3.63, 3.8) is 0 Å². The highest BCUT2D eigenvalue weighted by Crippen LogP contribution is 2.58. The second-order valence-corrected chi connectivity index (χ2v) is 11.6. The molecule has 4 atom stereocenters. The van der Waals surface area contributed by atoms with Gasteiger partial charge >= 0.3 is 0 Å². The SMILES string of the molecule is c1ccc2c3c(c(-c4ccc(-c5nc6ccccc6c6c5[C@H]5CC[C@H]6C5)cc4)nc2c1)[C@H]1CC[C@H]3C1. The van der Waals surface area contributed by atoms with Gasteiger partial charge in [-0.05, 0) is 96.6 Å². The second-order valence-electron chi connectivity index (χ2n) is 11.6. The molecule has 4 aliphatic rings. The lowest BCUT2D eigenvalue weighted by Crippen LogP contribution is -2.05. The lowest BCUT2D eigenvalue weighted by atomic mass is 9.85. The molecule has 0 radical (unpaired) electrons. The quantitative estimate of drug-likeness (QED) is 0.261. The predicted octanol–water partition coefficient (Wildman–Crippen LogP) is 8.85. The Morgan fingerprint density at radius 1 is 0.444 bits per heavy atom. The summed E-state index contributed by atoms with van der Waals surface area (Å²) in [5.74, 6) is 2.79. The molecule has 0 saturated heterocycles. The van der Waals surface area contributed by atoms with Crippen molar-refractivity contribution in [2.24, 2.45) is 0 Å². The minimum Gasteiger partial charge on any atom is -0.247 e. The maximum absolute atomic E-state index is 5.25. The number of pyridine rings is 2. The predicted molar refractivity (Wildman–Crippen MR) is 147 cm³/mol. The Balaban J connectivity index is 1.22. The van der Waals surface area contributed by atoms with Gasteiger partial charge < -0.3 is 0 Å². The smallest absolute Gasteiger partial charge is 0.0747 e. The molecule has 9 rings (SSSR count). The van der Waals surface area contributed by atoms with Gasteiger partial charge in [0, 0.05) is 21.9 Å². The van der Waals surface area contributed by atoms with Crippen molar-refractivity contribution in [2.75, 3.05) is 0 Å². The highest BCUT2D eigenvalue weighted by atomic mass is 14.7. The first-order chi connectivity index (χ1) is 17.8. The van der Waals surface area contributed by atoms with Crippen LogP contribution in [0.5, 0.6) is 0 Å². The van der Waals surface area contributed by atoms with Crippen LogP contribution in [0, 0.1) is 0 Å². The van der Waals surface area contributed by atoms with E-state index in [1.54, 1.807) is 22.3 Å². The van der Waals surface area contributed by atoms with Gasteiger partial charge in [0.2, 0.25) is 0 Å². The molecule has 2 saturated carbocycles. The Bertz CT molecular complexity index is 1590. The molecule has 0 N–H and O–H groups in total. The van der Waals surface area contributed by atoms with Crippen LogP contribution in [-0.4, -0.2) is 9.97 Å². The van der Waals surface area contributed by atoms with E-state index in [-0.39, 0.29) is 0 Å². The maximum Gasteiger partial charge on any atom is 0.0747 e. The van der Waals surface area contributed by atoms with E-state index in [9.17, 15) is 0 Å². The van der Waals surface area contributed by atoms with E-state index in [0.29, 0.717) is 11.8 Å². The Labute approximate surface area is 211 Å². The largest absolute Gasteiger partial charge is 0.247 e. The van der Waals surface area contributed by atoms with Crippen molar-refractivity contribution >= 4 is 21.8 Å². The van der Waals surface area contributed by atoms with Crippen LogP contribution in [0.3, 0.4) is 0 Å². The molecule has 0 spiro atoms. The summed E-state index contributed by atoms with van der Waals surface area (Å²) in [5.41, 5.74) is 13.5. The van der Waals surface area contributed by atoms with Crippen LogP contribution in [0.4, 0.5) is 0 Å². The first-order valence-electron chi connectivity index (χ1n) is 13.8. The molecular formula is C34H28N2. The van der Waals surface area contributed by atoms with E-state index < -0.39 is 0 Å². The zero-order valence-electron chi connectivity index (χ0n) is 20.4. The number of fused-ring (bicyclic) bond motifs is 14. The molecule has 174 valence electrons. The topological polar surface area (TPSA) is 25.8 Å². The molecule has 4 bridgehead atoms. The summed E-state index contributed by atoms with van der Waals surface area (Å²) in [6, 6.07) is 26.8. The molecule has 2 nitrogen and oxygen atoms in total. The number of rotatable bonds is 2. The van der Waals surface area contributed by atoms with Gasteiger partial charge in [-0.15, -0.1) is 0 Å². The summed E-state index contributed by atoms with van der Waals surface area (Å²) in [4.78, 5) is 10.5. The molecule has 0 amide bonds. The van der Waals surface area contributed by atoms with Gasteiger partial charge in [0.25, 0.3) is 0 Å². The highest BCUT2D eigenvalue weighted by Gasteiger charge is 2.41. The zero-order valence-corrected chi connectivity index (χ0v) is 20.4. The standard InChI is InChI=1S/C34H28N2/c1-3-7-27-25(5-1)29-21-13-15-23(17-21)31(29)33(35-27)19-9-11-20(12-10-19)34-32-24-16-14-22(18-24)30(32)26-6-2-4-8-28(26)36-34/h1-12,21-24H,13-18H2/t21-,22-,23-,24-/m0/s1. The van der Waals surface area contributed by atoms with Crippen LogP contribution in [0.15, 0.2) is 72.8 Å². The minimum atomic E-state index is 0.678. The molecule has 5 aromatic rings. The Hall–Kier alpha value is -3.52. The van der Waals surface area contributed by atoms with Crippen molar-refractivity contribution in [1.82, 2.24) is 9.97 Å². The molecule has 2 aromatic heterocycles. The van der Waals surface area contributed by atoms with E-state index in [4.69, 9.17) is 9.97 Å². The first-order valence-corrected chi connectivity index (χ1v) is 13.8. The van der Waals surface area contributed by atoms with E-state index >= 15 is 0 Å². The molecular weight excluding hydrogens is 436 g/mol. The van der Waals surface area contributed by atoms with Gasteiger partial charge in [0.15, 0.2) is 0 Å². The monoisotopic (exact) mass is 464 g/mol. The number of hydrogen-bond donors (Lipinski definition) is 0. The summed E-state index contributed by atoms with van der Waals surface area (Å²) in [6.45, 7) is 0. The van der Waals surface area contributed by atoms with E-state index in [0.717, 1.165) is 22.9 Å². The fourth-order valence-corrected chi connectivity index (χ4v) is 8.45. The number of aromatic nitrogens is 2. The maximum atomic E-state index is 5.25. The average Bonchev–Trinajstić information content (AvgIpc) is 3.74. The lowest BCUT2D eigenvalue weighted by molar-refractivity contribution is 0.720. The number of para-hydroxylation sites is 2. The Morgan fingerprint density at radius 2 is 0.833 bits per heavy atom. The van der Waals surface area contributed by atoms with Crippen LogP contribution in [0.25, 0.3) is 44.3 Å².